The highest BCUT2D eigenvalue weighted by molar-refractivity contribution is 7.99. The number of thioether (sulfide) groups is 1. The fraction of sp³-hybridized carbons (Fsp3) is 0.286. The summed E-state index contributed by atoms with van der Waals surface area (Å²) in [6, 6.07) is 12.7. The minimum absolute atomic E-state index is 0.409. The van der Waals surface area contributed by atoms with Gasteiger partial charge in [-0.1, -0.05) is 18.2 Å². The van der Waals surface area contributed by atoms with Gasteiger partial charge in [0.2, 0.25) is 0 Å². The minimum Gasteiger partial charge on any atom is -0.448 e. The van der Waals surface area contributed by atoms with E-state index in [1.54, 1.807) is 6.07 Å². The van der Waals surface area contributed by atoms with Crippen molar-refractivity contribution in [2.45, 2.75) is 23.9 Å². The van der Waals surface area contributed by atoms with E-state index in [1.807, 2.05) is 17.8 Å². The number of fused-ring (bicyclic) bond motifs is 1. The van der Waals surface area contributed by atoms with Crippen LogP contribution in [-0.4, -0.2) is 5.75 Å². The maximum atomic E-state index is 5.77. The number of hydrogen-bond acceptors (Lipinski definition) is 3. The van der Waals surface area contributed by atoms with Gasteiger partial charge in [0.25, 0.3) is 0 Å². The van der Waals surface area contributed by atoms with Crippen molar-refractivity contribution in [3.8, 4) is 0 Å². The Morgan fingerprint density at radius 1 is 1.28 bits per heavy atom. The molecule has 0 aliphatic carbocycles. The molecule has 94 valence electrons. The Bertz CT molecular complexity index is 540. The molecule has 1 atom stereocenters. The zero-order chi connectivity index (χ0) is 12.4. The molecule has 1 aliphatic rings. The third-order valence-electron chi connectivity index (χ3n) is 3.11. The highest BCUT2D eigenvalue weighted by Gasteiger charge is 2.19. The van der Waals surface area contributed by atoms with Crippen LogP contribution in [0.15, 0.2) is 45.7 Å². The molecule has 0 amide bonds. The van der Waals surface area contributed by atoms with E-state index < -0.39 is 0 Å². The van der Waals surface area contributed by atoms with Gasteiger partial charge in [0, 0.05) is 10.9 Å². The predicted molar refractivity (Wildman–Crippen MR) is 75.1 cm³/mol. The van der Waals surface area contributed by atoms with Crippen LogP contribution in [0.3, 0.4) is 0 Å². The lowest BCUT2D eigenvalue weighted by atomic mass is 10.0. The summed E-state index contributed by atoms with van der Waals surface area (Å²) in [6.07, 6.45) is 1.15. The maximum Gasteiger partial charge on any atom is 0.193 e. The molecule has 0 radical (unpaired) electrons. The zero-order valence-electron chi connectivity index (χ0n) is 9.86. The van der Waals surface area contributed by atoms with E-state index in [1.165, 1.54) is 10.5 Å². The Labute approximate surface area is 116 Å². The van der Waals surface area contributed by atoms with Crippen LogP contribution in [0.2, 0.25) is 5.22 Å². The molecule has 1 N–H and O–H groups in total. The van der Waals surface area contributed by atoms with Crippen molar-refractivity contribution in [3.63, 3.8) is 0 Å². The molecule has 2 nitrogen and oxygen atoms in total. The lowest BCUT2D eigenvalue weighted by Crippen LogP contribution is -2.23. The molecule has 0 bridgehead atoms. The topological polar surface area (TPSA) is 25.2 Å². The SMILES string of the molecule is Clc1ccc(CNC2CCSc3ccccc32)o1. The summed E-state index contributed by atoms with van der Waals surface area (Å²) in [5.74, 6) is 2.05. The van der Waals surface area contributed by atoms with Crippen LogP contribution >= 0.6 is 23.4 Å². The van der Waals surface area contributed by atoms with Crippen LogP contribution in [0, 0.1) is 0 Å². The second-order valence-corrected chi connectivity index (χ2v) is 5.82. The van der Waals surface area contributed by atoms with Crippen LogP contribution in [0.1, 0.15) is 23.8 Å². The standard InChI is InChI=1S/C14H14ClNOS/c15-14-6-5-10(17-14)9-16-12-7-8-18-13-4-2-1-3-11(12)13/h1-6,12,16H,7-9H2. The summed E-state index contributed by atoms with van der Waals surface area (Å²) >= 11 is 7.70. The van der Waals surface area contributed by atoms with Gasteiger partial charge in [0.05, 0.1) is 6.54 Å². The van der Waals surface area contributed by atoms with Gasteiger partial charge in [0.1, 0.15) is 5.76 Å². The quantitative estimate of drug-likeness (QED) is 0.909. The van der Waals surface area contributed by atoms with E-state index in [2.05, 4.69) is 29.6 Å². The number of nitrogens with one attached hydrogen (secondary N) is 1. The number of rotatable bonds is 3. The fourth-order valence-electron chi connectivity index (χ4n) is 2.22. The summed E-state index contributed by atoms with van der Waals surface area (Å²) in [7, 11) is 0. The van der Waals surface area contributed by atoms with Crippen LogP contribution in [0.25, 0.3) is 0 Å². The van der Waals surface area contributed by atoms with E-state index >= 15 is 0 Å². The summed E-state index contributed by atoms with van der Waals surface area (Å²) in [5.41, 5.74) is 1.39. The number of halogens is 1. The van der Waals surface area contributed by atoms with E-state index in [0.29, 0.717) is 11.3 Å². The minimum atomic E-state index is 0.409. The molecule has 0 saturated carbocycles. The van der Waals surface area contributed by atoms with Crippen molar-refractivity contribution in [1.82, 2.24) is 5.32 Å². The Morgan fingerprint density at radius 3 is 3.00 bits per heavy atom. The highest BCUT2D eigenvalue weighted by atomic mass is 35.5. The molecule has 2 aromatic rings. The number of furan rings is 1. The Kier molecular flexibility index (Phi) is 3.64. The van der Waals surface area contributed by atoms with Crippen LogP contribution < -0.4 is 5.32 Å². The molecular formula is C14H14ClNOS. The lowest BCUT2D eigenvalue weighted by Gasteiger charge is -2.25. The van der Waals surface area contributed by atoms with Gasteiger partial charge in [-0.3, -0.25) is 0 Å². The van der Waals surface area contributed by atoms with Gasteiger partial charge in [0.15, 0.2) is 5.22 Å². The molecule has 1 aromatic heterocycles. The van der Waals surface area contributed by atoms with Crippen LogP contribution in [-0.2, 0) is 6.54 Å². The monoisotopic (exact) mass is 279 g/mol. The molecule has 1 unspecified atom stereocenters. The largest absolute Gasteiger partial charge is 0.448 e. The van der Waals surface area contributed by atoms with E-state index in [4.69, 9.17) is 16.0 Å². The third-order valence-corrected chi connectivity index (χ3v) is 4.44. The van der Waals surface area contributed by atoms with E-state index in [-0.39, 0.29) is 0 Å². The second kappa shape index (κ2) is 5.39. The van der Waals surface area contributed by atoms with Gasteiger partial charge < -0.3 is 9.73 Å². The molecule has 1 aromatic carbocycles. The summed E-state index contributed by atoms with van der Waals surface area (Å²) in [4.78, 5) is 1.39. The molecular weight excluding hydrogens is 266 g/mol. The molecule has 0 spiro atoms. The van der Waals surface area contributed by atoms with Gasteiger partial charge in [-0.15, -0.1) is 11.8 Å². The smallest absolute Gasteiger partial charge is 0.193 e. The Hall–Kier alpha value is -0.900. The first kappa shape index (κ1) is 12.2. The van der Waals surface area contributed by atoms with Crippen molar-refractivity contribution < 1.29 is 4.42 Å². The molecule has 0 saturated heterocycles. The normalized spacial score (nSPS) is 18.6. The third kappa shape index (κ3) is 2.58. The van der Waals surface area contributed by atoms with Crippen LogP contribution in [0.4, 0.5) is 0 Å². The van der Waals surface area contributed by atoms with Crippen molar-refractivity contribution >= 4 is 23.4 Å². The van der Waals surface area contributed by atoms with Gasteiger partial charge in [-0.2, -0.15) is 0 Å². The molecule has 0 fully saturated rings. The van der Waals surface area contributed by atoms with Crippen molar-refractivity contribution in [2.24, 2.45) is 0 Å². The Morgan fingerprint density at radius 2 is 2.17 bits per heavy atom. The summed E-state index contributed by atoms with van der Waals surface area (Å²) in [6.45, 7) is 0.719. The molecule has 18 heavy (non-hydrogen) atoms. The first-order valence-corrected chi connectivity index (χ1v) is 7.38. The lowest BCUT2D eigenvalue weighted by molar-refractivity contribution is 0.441. The first-order chi connectivity index (χ1) is 8.83. The molecule has 3 rings (SSSR count). The van der Waals surface area contributed by atoms with Crippen molar-refractivity contribution in [3.05, 3.63) is 52.9 Å². The molecule has 4 heteroatoms. The second-order valence-electron chi connectivity index (χ2n) is 4.31. The van der Waals surface area contributed by atoms with Crippen LogP contribution in [0.5, 0.6) is 0 Å². The van der Waals surface area contributed by atoms with Crippen molar-refractivity contribution in [2.75, 3.05) is 5.75 Å². The van der Waals surface area contributed by atoms with E-state index in [9.17, 15) is 0 Å². The number of hydrogen-bond donors (Lipinski definition) is 1. The van der Waals surface area contributed by atoms with E-state index in [0.717, 1.165) is 24.5 Å². The molecule has 2 heterocycles. The Balaban J connectivity index is 1.71. The van der Waals surface area contributed by atoms with Gasteiger partial charge in [-0.25, -0.2) is 0 Å². The molecule has 1 aliphatic heterocycles. The number of benzene rings is 1. The average Bonchev–Trinajstić information content (AvgIpc) is 2.82. The fourth-order valence-corrected chi connectivity index (χ4v) is 3.51. The highest BCUT2D eigenvalue weighted by Crippen LogP contribution is 2.35. The maximum absolute atomic E-state index is 5.77. The van der Waals surface area contributed by atoms with Gasteiger partial charge in [-0.05, 0) is 47.5 Å². The first-order valence-electron chi connectivity index (χ1n) is 6.02. The summed E-state index contributed by atoms with van der Waals surface area (Å²) < 4.78 is 5.36. The zero-order valence-corrected chi connectivity index (χ0v) is 11.4. The average molecular weight is 280 g/mol. The van der Waals surface area contributed by atoms with Crippen molar-refractivity contribution in [1.29, 1.82) is 0 Å². The summed E-state index contributed by atoms with van der Waals surface area (Å²) in [5, 5.41) is 3.99. The predicted octanol–water partition coefficient (Wildman–Crippen LogP) is 4.26. The van der Waals surface area contributed by atoms with Gasteiger partial charge >= 0.3 is 0 Å².